The molecule has 2 amide bonds. The van der Waals surface area contributed by atoms with E-state index in [1.165, 1.54) is 19.2 Å². The van der Waals surface area contributed by atoms with E-state index in [1.54, 1.807) is 36.4 Å². The largest absolute Gasteiger partial charge is 0.508 e. The van der Waals surface area contributed by atoms with Crippen LogP contribution in [0, 0.1) is 0 Å². The summed E-state index contributed by atoms with van der Waals surface area (Å²) in [5.41, 5.74) is 0.852. The first-order chi connectivity index (χ1) is 13.4. The number of ether oxygens (including phenoxy) is 1. The summed E-state index contributed by atoms with van der Waals surface area (Å²) >= 11 is 0. The molecule has 1 unspecified atom stereocenters. The molecule has 0 fully saturated rings. The number of esters is 1. The molecule has 0 radical (unpaired) electrons. The van der Waals surface area contributed by atoms with Crippen molar-refractivity contribution in [1.29, 1.82) is 0 Å². The fourth-order valence-corrected chi connectivity index (χ4v) is 2.53. The molecule has 4 N–H and O–H groups in total. The van der Waals surface area contributed by atoms with Crippen LogP contribution in [0.4, 0.5) is 0 Å². The van der Waals surface area contributed by atoms with Crippen LogP contribution in [0.1, 0.15) is 11.1 Å². The van der Waals surface area contributed by atoms with Gasteiger partial charge in [-0.25, -0.2) is 4.79 Å². The predicted octanol–water partition coefficient (Wildman–Crippen LogP) is 0.657. The lowest BCUT2D eigenvalue weighted by atomic mass is 10.1. The van der Waals surface area contributed by atoms with Gasteiger partial charge in [-0.2, -0.15) is 0 Å². The molecule has 2 aromatic rings. The van der Waals surface area contributed by atoms with Crippen LogP contribution < -0.4 is 10.6 Å². The zero-order chi connectivity index (χ0) is 20.5. The fraction of sp³-hybridized carbons (Fsp3) is 0.250. The Morgan fingerprint density at radius 3 is 1.89 bits per heavy atom. The number of amides is 2. The predicted molar refractivity (Wildman–Crippen MR) is 101 cm³/mol. The third-order valence-corrected chi connectivity index (χ3v) is 4.01. The van der Waals surface area contributed by atoms with Gasteiger partial charge in [0, 0.05) is 17.7 Å². The van der Waals surface area contributed by atoms with Crippen LogP contribution >= 0.6 is 0 Å². The Morgan fingerprint density at radius 2 is 1.39 bits per heavy atom. The van der Waals surface area contributed by atoms with Gasteiger partial charge in [0.1, 0.15) is 17.5 Å². The minimum atomic E-state index is -1.09. The number of phenols is 2. The molecule has 2 rings (SSSR count). The van der Waals surface area contributed by atoms with E-state index in [0.29, 0.717) is 11.1 Å². The van der Waals surface area contributed by atoms with Gasteiger partial charge in [0.05, 0.1) is 20.0 Å². The van der Waals surface area contributed by atoms with Crippen LogP contribution in [-0.4, -0.2) is 47.7 Å². The molecule has 0 aliphatic heterocycles. The summed E-state index contributed by atoms with van der Waals surface area (Å²) in [6, 6.07) is 11.7. The van der Waals surface area contributed by atoms with Gasteiger partial charge in [-0.05, 0) is 12.1 Å². The second kappa shape index (κ2) is 9.96. The van der Waals surface area contributed by atoms with Crippen molar-refractivity contribution in [1.82, 2.24) is 10.6 Å². The molecule has 0 bridgehead atoms. The first kappa shape index (κ1) is 20.8. The van der Waals surface area contributed by atoms with Crippen LogP contribution in [-0.2, 0) is 32.0 Å². The van der Waals surface area contributed by atoms with E-state index in [9.17, 15) is 24.6 Å². The number of hydrogen-bond acceptors (Lipinski definition) is 6. The third kappa shape index (κ3) is 6.01. The SMILES string of the molecule is COC(=O)C(CNC(=O)Cc1ccccc1O)NC(=O)Cc1ccccc1O. The Morgan fingerprint density at radius 1 is 0.893 bits per heavy atom. The number of rotatable bonds is 8. The summed E-state index contributed by atoms with van der Waals surface area (Å²) in [5.74, 6) is -1.67. The molecule has 8 heteroatoms. The number of aromatic hydroxyl groups is 2. The van der Waals surface area contributed by atoms with E-state index in [2.05, 4.69) is 15.4 Å². The number of carbonyl (C=O) groups is 3. The average Bonchev–Trinajstić information content (AvgIpc) is 2.68. The van der Waals surface area contributed by atoms with Crippen molar-refractivity contribution in [2.75, 3.05) is 13.7 Å². The average molecular weight is 386 g/mol. The zero-order valence-electron chi connectivity index (χ0n) is 15.3. The minimum Gasteiger partial charge on any atom is -0.508 e. The van der Waals surface area contributed by atoms with E-state index in [1.807, 2.05) is 0 Å². The number of nitrogens with one attached hydrogen (secondary N) is 2. The molecule has 148 valence electrons. The van der Waals surface area contributed by atoms with Crippen molar-refractivity contribution in [3.05, 3.63) is 59.7 Å². The van der Waals surface area contributed by atoms with Crippen LogP contribution in [0.15, 0.2) is 48.5 Å². The van der Waals surface area contributed by atoms with Gasteiger partial charge in [-0.1, -0.05) is 36.4 Å². The second-order valence-corrected chi connectivity index (χ2v) is 6.06. The lowest BCUT2D eigenvalue weighted by molar-refractivity contribution is -0.145. The molecule has 0 aliphatic rings. The number of methoxy groups -OCH3 is 1. The Bertz CT molecular complexity index is 852. The van der Waals surface area contributed by atoms with Gasteiger partial charge in [-0.15, -0.1) is 0 Å². The van der Waals surface area contributed by atoms with Crippen molar-refractivity contribution < 1.29 is 29.3 Å². The number of para-hydroxylation sites is 2. The summed E-state index contributed by atoms with van der Waals surface area (Å²) < 4.78 is 4.66. The fourth-order valence-electron chi connectivity index (χ4n) is 2.53. The molecule has 0 aliphatic carbocycles. The maximum Gasteiger partial charge on any atom is 0.330 e. The maximum atomic E-state index is 12.2. The summed E-state index contributed by atoms with van der Waals surface area (Å²) in [6.07, 6.45) is -0.210. The smallest absolute Gasteiger partial charge is 0.330 e. The number of carbonyl (C=O) groups excluding carboxylic acids is 3. The van der Waals surface area contributed by atoms with Crippen molar-refractivity contribution in [2.24, 2.45) is 0 Å². The molecular weight excluding hydrogens is 364 g/mol. The Hall–Kier alpha value is -3.55. The normalized spacial score (nSPS) is 11.3. The molecule has 0 spiro atoms. The first-order valence-corrected chi connectivity index (χ1v) is 8.58. The monoisotopic (exact) mass is 386 g/mol. The lowest BCUT2D eigenvalue weighted by Crippen LogP contribution is -2.49. The molecule has 28 heavy (non-hydrogen) atoms. The molecule has 2 aromatic carbocycles. The van der Waals surface area contributed by atoms with Crippen LogP contribution in [0.5, 0.6) is 11.5 Å². The van der Waals surface area contributed by atoms with Crippen LogP contribution in [0.3, 0.4) is 0 Å². The minimum absolute atomic E-state index is 0.00172. The highest BCUT2D eigenvalue weighted by atomic mass is 16.5. The number of benzene rings is 2. The Labute approximate surface area is 162 Å². The van der Waals surface area contributed by atoms with Crippen molar-refractivity contribution in [3.63, 3.8) is 0 Å². The summed E-state index contributed by atoms with van der Waals surface area (Å²) in [6.45, 7) is -0.175. The molecule has 0 saturated heterocycles. The zero-order valence-corrected chi connectivity index (χ0v) is 15.3. The first-order valence-electron chi connectivity index (χ1n) is 8.58. The van der Waals surface area contributed by atoms with Gasteiger partial charge in [-0.3, -0.25) is 9.59 Å². The number of hydrogen-bond donors (Lipinski definition) is 4. The van der Waals surface area contributed by atoms with Crippen LogP contribution in [0.2, 0.25) is 0 Å². The van der Waals surface area contributed by atoms with Crippen molar-refractivity contribution in [3.8, 4) is 11.5 Å². The second-order valence-electron chi connectivity index (χ2n) is 6.06. The van der Waals surface area contributed by atoms with Gasteiger partial charge in [0.2, 0.25) is 11.8 Å². The van der Waals surface area contributed by atoms with Crippen molar-refractivity contribution >= 4 is 17.8 Å². The van der Waals surface area contributed by atoms with E-state index in [-0.39, 0.29) is 30.9 Å². The van der Waals surface area contributed by atoms with Crippen LogP contribution in [0.25, 0.3) is 0 Å². The standard InChI is InChI=1S/C20H22N2O6/c1-28-20(27)15(22-19(26)11-14-7-3-5-9-17(14)24)12-21-18(25)10-13-6-2-4-8-16(13)23/h2-9,15,23-24H,10-12H2,1H3,(H,21,25)(H,22,26). The molecular formula is C20H22N2O6. The molecule has 0 heterocycles. The maximum absolute atomic E-state index is 12.2. The van der Waals surface area contributed by atoms with Gasteiger partial charge in [0.15, 0.2) is 0 Å². The molecule has 0 saturated carbocycles. The highest BCUT2D eigenvalue weighted by Crippen LogP contribution is 2.16. The molecule has 0 aromatic heterocycles. The van der Waals surface area contributed by atoms with Gasteiger partial charge in [0.25, 0.3) is 0 Å². The van der Waals surface area contributed by atoms with E-state index in [0.717, 1.165) is 0 Å². The summed E-state index contributed by atoms with van der Waals surface area (Å²) in [5, 5.41) is 24.5. The van der Waals surface area contributed by atoms with E-state index >= 15 is 0 Å². The Kier molecular flexibility index (Phi) is 7.38. The lowest BCUT2D eigenvalue weighted by Gasteiger charge is -2.17. The topological polar surface area (TPSA) is 125 Å². The van der Waals surface area contributed by atoms with E-state index < -0.39 is 23.8 Å². The molecule has 8 nitrogen and oxygen atoms in total. The highest BCUT2D eigenvalue weighted by Gasteiger charge is 2.23. The van der Waals surface area contributed by atoms with Gasteiger partial charge < -0.3 is 25.6 Å². The quantitative estimate of drug-likeness (QED) is 0.494. The summed E-state index contributed by atoms with van der Waals surface area (Å²) in [7, 11) is 1.17. The van der Waals surface area contributed by atoms with E-state index in [4.69, 9.17) is 0 Å². The number of phenolic OH excluding ortho intramolecular Hbond substituents is 2. The van der Waals surface area contributed by atoms with Crippen molar-refractivity contribution in [2.45, 2.75) is 18.9 Å². The van der Waals surface area contributed by atoms with Gasteiger partial charge >= 0.3 is 5.97 Å². The molecule has 1 atom stereocenters. The highest BCUT2D eigenvalue weighted by molar-refractivity contribution is 5.87. The summed E-state index contributed by atoms with van der Waals surface area (Å²) in [4.78, 5) is 36.2. The Balaban J connectivity index is 1.93. The third-order valence-electron chi connectivity index (χ3n) is 4.01.